The van der Waals surface area contributed by atoms with Crippen molar-refractivity contribution in [3.63, 3.8) is 0 Å². The van der Waals surface area contributed by atoms with E-state index in [9.17, 15) is 22.8 Å². The third-order valence-electron chi connectivity index (χ3n) is 3.80. The molecule has 0 saturated carbocycles. The fourth-order valence-corrected chi connectivity index (χ4v) is 2.31. The van der Waals surface area contributed by atoms with Gasteiger partial charge in [0.25, 0.3) is 5.91 Å². The Balaban J connectivity index is 1.74. The Kier molecular flexibility index (Phi) is 6.38. The monoisotopic (exact) mass is 364 g/mol. The van der Waals surface area contributed by atoms with Gasteiger partial charge in [0.05, 0.1) is 5.56 Å². The first-order valence-corrected chi connectivity index (χ1v) is 8.04. The normalized spacial score (nSPS) is 11.1. The Morgan fingerprint density at radius 2 is 1.62 bits per heavy atom. The molecule has 0 heterocycles. The van der Waals surface area contributed by atoms with E-state index in [0.29, 0.717) is 11.1 Å². The molecule has 0 atom stereocenters. The van der Waals surface area contributed by atoms with Gasteiger partial charge in [-0.25, -0.2) is 0 Å². The van der Waals surface area contributed by atoms with Crippen LogP contribution in [0.4, 0.5) is 13.2 Å². The van der Waals surface area contributed by atoms with Gasteiger partial charge in [-0.3, -0.25) is 9.59 Å². The minimum absolute atomic E-state index is 0.0816. The van der Waals surface area contributed by atoms with Crippen molar-refractivity contribution < 1.29 is 22.8 Å². The van der Waals surface area contributed by atoms with Crippen molar-refractivity contribution in [2.75, 3.05) is 6.54 Å². The van der Waals surface area contributed by atoms with E-state index in [1.807, 2.05) is 19.1 Å². The molecule has 0 radical (unpaired) electrons. The molecule has 2 amide bonds. The Bertz CT molecular complexity index is 771. The zero-order chi connectivity index (χ0) is 19.2. The average Bonchev–Trinajstić information content (AvgIpc) is 2.60. The molecule has 2 rings (SSSR count). The van der Waals surface area contributed by atoms with Crippen LogP contribution in [0.15, 0.2) is 48.5 Å². The molecule has 0 bridgehead atoms. The topological polar surface area (TPSA) is 58.2 Å². The highest BCUT2D eigenvalue weighted by Crippen LogP contribution is 2.29. The number of alkyl halides is 3. The third-order valence-corrected chi connectivity index (χ3v) is 3.80. The number of carbonyl (C=O) groups excluding carboxylic acids is 2. The van der Waals surface area contributed by atoms with Gasteiger partial charge in [0.1, 0.15) is 0 Å². The van der Waals surface area contributed by atoms with Crippen LogP contribution >= 0.6 is 0 Å². The summed E-state index contributed by atoms with van der Waals surface area (Å²) >= 11 is 0. The van der Waals surface area contributed by atoms with E-state index in [1.54, 1.807) is 12.1 Å². The minimum Gasteiger partial charge on any atom is -0.352 e. The Hall–Kier alpha value is -2.83. The van der Waals surface area contributed by atoms with E-state index in [-0.39, 0.29) is 31.3 Å². The van der Waals surface area contributed by atoms with Gasteiger partial charge in [-0.1, -0.05) is 30.3 Å². The predicted molar refractivity (Wildman–Crippen MR) is 91.4 cm³/mol. The summed E-state index contributed by atoms with van der Waals surface area (Å²) in [6, 6.07) is 11.7. The Morgan fingerprint density at radius 3 is 2.23 bits per heavy atom. The number of amides is 2. The van der Waals surface area contributed by atoms with Gasteiger partial charge in [-0.15, -0.1) is 0 Å². The van der Waals surface area contributed by atoms with Crippen molar-refractivity contribution in [1.82, 2.24) is 10.6 Å². The second-order valence-corrected chi connectivity index (χ2v) is 5.79. The van der Waals surface area contributed by atoms with Crippen LogP contribution in [0.25, 0.3) is 0 Å². The van der Waals surface area contributed by atoms with E-state index in [2.05, 4.69) is 10.6 Å². The van der Waals surface area contributed by atoms with Crippen molar-refractivity contribution in [2.24, 2.45) is 0 Å². The molecule has 2 aromatic carbocycles. The molecule has 0 unspecified atom stereocenters. The maximum Gasteiger partial charge on any atom is 0.416 e. The molecule has 138 valence electrons. The summed E-state index contributed by atoms with van der Waals surface area (Å²) in [5, 5.41) is 5.28. The average molecular weight is 364 g/mol. The quantitative estimate of drug-likeness (QED) is 0.825. The van der Waals surface area contributed by atoms with E-state index in [0.717, 1.165) is 17.7 Å². The summed E-state index contributed by atoms with van der Waals surface area (Å²) in [4.78, 5) is 23.8. The van der Waals surface area contributed by atoms with Crippen LogP contribution in [0.5, 0.6) is 0 Å². The lowest BCUT2D eigenvalue weighted by Crippen LogP contribution is -2.30. The lowest BCUT2D eigenvalue weighted by Gasteiger charge is -2.09. The van der Waals surface area contributed by atoms with Gasteiger partial charge < -0.3 is 10.6 Å². The molecular formula is C19H19F3N2O2. The molecule has 0 saturated heterocycles. The van der Waals surface area contributed by atoms with Crippen LogP contribution in [-0.2, 0) is 17.5 Å². The summed E-state index contributed by atoms with van der Waals surface area (Å²) in [6.45, 7) is 2.13. The SMILES string of the molecule is Cc1ccccc1C(=O)NCCC(=O)NCc1ccc(C(F)(F)F)cc1. The number of hydrogen-bond acceptors (Lipinski definition) is 2. The molecule has 7 heteroatoms. The molecule has 0 aliphatic heterocycles. The first-order valence-electron chi connectivity index (χ1n) is 8.04. The van der Waals surface area contributed by atoms with Crippen molar-refractivity contribution in [3.8, 4) is 0 Å². The Labute approximate surface area is 149 Å². The van der Waals surface area contributed by atoms with Gasteiger partial charge >= 0.3 is 6.18 Å². The van der Waals surface area contributed by atoms with Crippen LogP contribution in [0.1, 0.15) is 33.5 Å². The molecule has 0 aliphatic carbocycles. The molecule has 0 fully saturated rings. The van der Waals surface area contributed by atoms with Gasteiger partial charge in [0.15, 0.2) is 0 Å². The molecule has 26 heavy (non-hydrogen) atoms. The summed E-state index contributed by atoms with van der Waals surface area (Å²) in [5.74, 6) is -0.548. The van der Waals surface area contributed by atoms with Gasteiger partial charge in [-0.05, 0) is 36.2 Å². The van der Waals surface area contributed by atoms with Crippen LogP contribution in [-0.4, -0.2) is 18.4 Å². The van der Waals surface area contributed by atoms with Crippen molar-refractivity contribution in [1.29, 1.82) is 0 Å². The Morgan fingerprint density at radius 1 is 0.962 bits per heavy atom. The van der Waals surface area contributed by atoms with Gasteiger partial charge in [-0.2, -0.15) is 13.2 Å². The summed E-state index contributed by atoms with van der Waals surface area (Å²) in [7, 11) is 0. The first-order chi connectivity index (χ1) is 12.3. The van der Waals surface area contributed by atoms with Crippen molar-refractivity contribution >= 4 is 11.8 Å². The standard InChI is InChI=1S/C19H19F3N2O2/c1-13-4-2-3-5-16(13)18(26)23-11-10-17(25)24-12-14-6-8-15(9-7-14)19(20,21)22/h2-9H,10-12H2,1H3,(H,23,26)(H,24,25). The van der Waals surface area contributed by atoms with E-state index >= 15 is 0 Å². The summed E-state index contributed by atoms with van der Waals surface area (Å²) in [6.07, 6.45) is -4.30. The number of nitrogens with one attached hydrogen (secondary N) is 2. The molecule has 2 N–H and O–H groups in total. The number of rotatable bonds is 6. The second kappa shape index (κ2) is 8.51. The fraction of sp³-hybridized carbons (Fsp3) is 0.263. The van der Waals surface area contributed by atoms with Crippen molar-refractivity contribution in [3.05, 3.63) is 70.8 Å². The lowest BCUT2D eigenvalue weighted by atomic mass is 10.1. The number of aryl methyl sites for hydroxylation is 1. The molecule has 0 aliphatic rings. The molecule has 4 nitrogen and oxygen atoms in total. The maximum atomic E-state index is 12.5. The number of halogens is 3. The van der Waals surface area contributed by atoms with Crippen LogP contribution < -0.4 is 10.6 Å². The van der Waals surface area contributed by atoms with E-state index in [1.165, 1.54) is 12.1 Å². The van der Waals surface area contributed by atoms with Gasteiger partial charge in [0.2, 0.25) is 5.91 Å². The van der Waals surface area contributed by atoms with Crippen LogP contribution in [0, 0.1) is 6.92 Å². The largest absolute Gasteiger partial charge is 0.416 e. The third kappa shape index (κ3) is 5.61. The van der Waals surface area contributed by atoms with Crippen molar-refractivity contribution in [2.45, 2.75) is 26.1 Å². The highest BCUT2D eigenvalue weighted by Gasteiger charge is 2.29. The molecular weight excluding hydrogens is 345 g/mol. The van der Waals surface area contributed by atoms with Crippen LogP contribution in [0.2, 0.25) is 0 Å². The second-order valence-electron chi connectivity index (χ2n) is 5.79. The molecule has 0 spiro atoms. The maximum absolute atomic E-state index is 12.5. The number of carbonyl (C=O) groups is 2. The first kappa shape index (κ1) is 19.5. The van der Waals surface area contributed by atoms with E-state index < -0.39 is 11.7 Å². The highest BCUT2D eigenvalue weighted by molar-refractivity contribution is 5.95. The van der Waals surface area contributed by atoms with Crippen LogP contribution in [0.3, 0.4) is 0 Å². The minimum atomic E-state index is -4.38. The van der Waals surface area contributed by atoms with E-state index in [4.69, 9.17) is 0 Å². The lowest BCUT2D eigenvalue weighted by molar-refractivity contribution is -0.137. The fourth-order valence-electron chi connectivity index (χ4n) is 2.31. The van der Waals surface area contributed by atoms with Gasteiger partial charge in [0, 0.05) is 25.1 Å². The predicted octanol–water partition coefficient (Wildman–Crippen LogP) is 3.45. The molecule has 2 aromatic rings. The zero-order valence-corrected chi connectivity index (χ0v) is 14.2. The highest BCUT2D eigenvalue weighted by atomic mass is 19.4. The molecule has 0 aromatic heterocycles. The zero-order valence-electron chi connectivity index (χ0n) is 14.2. The summed E-state index contributed by atoms with van der Waals surface area (Å²) in [5.41, 5.74) is 1.23. The smallest absolute Gasteiger partial charge is 0.352 e. The number of benzene rings is 2. The summed E-state index contributed by atoms with van der Waals surface area (Å²) < 4.78 is 37.4. The number of hydrogen-bond donors (Lipinski definition) is 2.